The molecule has 1 aromatic heterocycles. The molecule has 0 bridgehead atoms. The molecular weight excluding hydrogens is 357 g/mol. The first-order valence-corrected chi connectivity index (χ1v) is 9.39. The number of aryl methyl sites for hydroxylation is 1. The topological polar surface area (TPSA) is 50.5 Å². The summed E-state index contributed by atoms with van der Waals surface area (Å²) >= 11 is 0. The summed E-state index contributed by atoms with van der Waals surface area (Å²) in [5, 5.41) is 14.1. The predicted octanol–water partition coefficient (Wildman–Crippen LogP) is 3.81. The van der Waals surface area contributed by atoms with E-state index in [4.69, 9.17) is 9.84 Å². The zero-order valence-electron chi connectivity index (χ0n) is 16.5. The maximum Gasteiger partial charge on any atom is 0.165 e. The highest BCUT2D eigenvalue weighted by atomic mass is 19.1. The predicted molar refractivity (Wildman–Crippen MR) is 108 cm³/mol. The third kappa shape index (κ3) is 4.24. The molecule has 3 aromatic rings. The average Bonchev–Trinajstić information content (AvgIpc) is 3.11. The molecule has 5 nitrogen and oxygen atoms in total. The first-order chi connectivity index (χ1) is 13.6. The van der Waals surface area contributed by atoms with Crippen LogP contribution in [0.4, 0.5) is 4.39 Å². The summed E-state index contributed by atoms with van der Waals surface area (Å²) in [6.07, 6.45) is 1.99. The number of hydrogen-bond acceptors (Lipinski definition) is 4. The number of nitrogens with zero attached hydrogens (tertiary/aromatic N) is 3. The second kappa shape index (κ2) is 8.99. The van der Waals surface area contributed by atoms with Crippen molar-refractivity contribution in [2.75, 3.05) is 26.8 Å². The van der Waals surface area contributed by atoms with Gasteiger partial charge in [-0.15, -0.1) is 0 Å². The Bertz CT molecular complexity index is 939. The van der Waals surface area contributed by atoms with Crippen LogP contribution < -0.4 is 4.74 Å². The Labute approximate surface area is 165 Å². The highest BCUT2D eigenvalue weighted by molar-refractivity contribution is 5.64. The largest absolute Gasteiger partial charge is 0.494 e. The first-order valence-electron chi connectivity index (χ1n) is 9.39. The molecule has 0 aliphatic carbocycles. The van der Waals surface area contributed by atoms with Crippen molar-refractivity contribution in [3.63, 3.8) is 0 Å². The van der Waals surface area contributed by atoms with Gasteiger partial charge in [-0.05, 0) is 43.3 Å². The van der Waals surface area contributed by atoms with Gasteiger partial charge >= 0.3 is 0 Å². The molecule has 0 spiro atoms. The first kappa shape index (κ1) is 20.0. The van der Waals surface area contributed by atoms with Gasteiger partial charge in [0.1, 0.15) is 0 Å². The fourth-order valence-corrected chi connectivity index (χ4v) is 3.26. The van der Waals surface area contributed by atoms with Crippen molar-refractivity contribution in [3.8, 4) is 22.7 Å². The molecule has 148 valence electrons. The van der Waals surface area contributed by atoms with E-state index in [1.807, 2.05) is 55.1 Å². The van der Waals surface area contributed by atoms with Crippen LogP contribution in [0.15, 0.2) is 48.7 Å². The SMILES string of the molecule is CCN(CCO)Cc1cn(-c2ccccc2C)nc1-c1ccc(OC)c(F)c1. The Morgan fingerprint density at radius 3 is 2.64 bits per heavy atom. The highest BCUT2D eigenvalue weighted by Crippen LogP contribution is 2.29. The summed E-state index contributed by atoms with van der Waals surface area (Å²) in [6, 6.07) is 12.9. The molecule has 1 N–H and O–H groups in total. The number of aliphatic hydroxyl groups excluding tert-OH is 1. The quantitative estimate of drug-likeness (QED) is 0.643. The van der Waals surface area contributed by atoms with Crippen molar-refractivity contribution < 1.29 is 14.2 Å². The normalized spacial score (nSPS) is 11.2. The number of hydrogen-bond donors (Lipinski definition) is 1. The van der Waals surface area contributed by atoms with E-state index in [1.54, 1.807) is 6.07 Å². The van der Waals surface area contributed by atoms with E-state index in [1.165, 1.54) is 13.2 Å². The van der Waals surface area contributed by atoms with Gasteiger partial charge in [-0.2, -0.15) is 5.10 Å². The molecule has 0 atom stereocenters. The molecule has 0 radical (unpaired) electrons. The second-order valence-corrected chi connectivity index (χ2v) is 6.68. The van der Waals surface area contributed by atoms with Gasteiger partial charge in [0.2, 0.25) is 0 Å². The smallest absolute Gasteiger partial charge is 0.165 e. The highest BCUT2D eigenvalue weighted by Gasteiger charge is 2.17. The van der Waals surface area contributed by atoms with Gasteiger partial charge in [0.25, 0.3) is 0 Å². The van der Waals surface area contributed by atoms with Crippen LogP contribution >= 0.6 is 0 Å². The van der Waals surface area contributed by atoms with E-state index in [0.29, 0.717) is 18.7 Å². The van der Waals surface area contributed by atoms with Gasteiger partial charge in [0.15, 0.2) is 11.6 Å². The molecule has 6 heteroatoms. The molecule has 0 fully saturated rings. The molecule has 1 heterocycles. The summed E-state index contributed by atoms with van der Waals surface area (Å²) in [7, 11) is 1.45. The molecule has 0 saturated carbocycles. The maximum absolute atomic E-state index is 14.3. The Morgan fingerprint density at radius 2 is 2.00 bits per heavy atom. The van der Waals surface area contributed by atoms with Crippen LogP contribution in [0.2, 0.25) is 0 Å². The summed E-state index contributed by atoms with van der Waals surface area (Å²) in [4.78, 5) is 2.13. The zero-order chi connectivity index (χ0) is 20.1. The van der Waals surface area contributed by atoms with Crippen LogP contribution in [-0.2, 0) is 6.54 Å². The van der Waals surface area contributed by atoms with Crippen molar-refractivity contribution in [1.29, 1.82) is 0 Å². The number of aliphatic hydroxyl groups is 1. The number of aromatic nitrogens is 2. The minimum atomic E-state index is -0.418. The van der Waals surface area contributed by atoms with E-state index >= 15 is 0 Å². The summed E-state index contributed by atoms with van der Waals surface area (Å²) in [5.41, 5.74) is 4.48. The van der Waals surface area contributed by atoms with Gasteiger partial charge in [-0.1, -0.05) is 25.1 Å². The molecule has 0 aliphatic rings. The molecule has 0 unspecified atom stereocenters. The lowest BCUT2D eigenvalue weighted by atomic mass is 10.1. The number of ether oxygens (including phenoxy) is 1. The number of halogens is 1. The minimum absolute atomic E-state index is 0.0896. The lowest BCUT2D eigenvalue weighted by molar-refractivity contribution is 0.197. The lowest BCUT2D eigenvalue weighted by Crippen LogP contribution is -2.26. The average molecular weight is 383 g/mol. The van der Waals surface area contributed by atoms with Crippen molar-refractivity contribution in [2.24, 2.45) is 0 Å². The third-order valence-electron chi connectivity index (χ3n) is 4.83. The van der Waals surface area contributed by atoms with E-state index in [-0.39, 0.29) is 12.4 Å². The van der Waals surface area contributed by atoms with Gasteiger partial charge in [-0.3, -0.25) is 4.90 Å². The number of rotatable bonds is 8. The van der Waals surface area contributed by atoms with Crippen LogP contribution in [0.1, 0.15) is 18.1 Å². The van der Waals surface area contributed by atoms with Crippen molar-refractivity contribution in [3.05, 3.63) is 65.6 Å². The van der Waals surface area contributed by atoms with Crippen molar-refractivity contribution in [1.82, 2.24) is 14.7 Å². The van der Waals surface area contributed by atoms with Crippen LogP contribution in [0, 0.1) is 12.7 Å². The van der Waals surface area contributed by atoms with E-state index in [9.17, 15) is 9.50 Å². The fraction of sp³-hybridized carbons (Fsp3) is 0.318. The van der Waals surface area contributed by atoms with Crippen molar-refractivity contribution in [2.45, 2.75) is 20.4 Å². The summed E-state index contributed by atoms with van der Waals surface area (Å²) in [5.74, 6) is -0.210. The van der Waals surface area contributed by atoms with Gasteiger partial charge in [-0.25, -0.2) is 9.07 Å². The fourth-order valence-electron chi connectivity index (χ4n) is 3.26. The van der Waals surface area contributed by atoms with Crippen LogP contribution in [0.5, 0.6) is 5.75 Å². The Morgan fingerprint density at radius 1 is 1.21 bits per heavy atom. The maximum atomic E-state index is 14.3. The van der Waals surface area contributed by atoms with E-state index < -0.39 is 5.82 Å². The summed E-state index contributed by atoms with van der Waals surface area (Å²) < 4.78 is 21.2. The van der Waals surface area contributed by atoms with Crippen LogP contribution in [-0.4, -0.2) is 46.6 Å². The molecule has 28 heavy (non-hydrogen) atoms. The second-order valence-electron chi connectivity index (χ2n) is 6.68. The number of benzene rings is 2. The van der Waals surface area contributed by atoms with Gasteiger partial charge in [0, 0.05) is 30.4 Å². The summed E-state index contributed by atoms with van der Waals surface area (Å²) in [6.45, 7) is 6.16. The Balaban J connectivity index is 2.08. The number of para-hydroxylation sites is 1. The molecule has 3 rings (SSSR count). The number of methoxy groups -OCH3 is 1. The van der Waals surface area contributed by atoms with Gasteiger partial charge in [0.05, 0.1) is 25.1 Å². The molecule has 0 amide bonds. The molecule has 0 saturated heterocycles. The van der Waals surface area contributed by atoms with E-state index in [2.05, 4.69) is 4.90 Å². The third-order valence-corrected chi connectivity index (χ3v) is 4.83. The Kier molecular flexibility index (Phi) is 6.44. The number of likely N-dealkylation sites (N-methyl/N-ethyl adjacent to an activating group) is 1. The lowest BCUT2D eigenvalue weighted by Gasteiger charge is -2.18. The van der Waals surface area contributed by atoms with E-state index in [0.717, 1.165) is 29.1 Å². The van der Waals surface area contributed by atoms with Gasteiger partial charge < -0.3 is 9.84 Å². The van der Waals surface area contributed by atoms with Crippen molar-refractivity contribution >= 4 is 0 Å². The monoisotopic (exact) mass is 383 g/mol. The molecule has 0 aliphatic heterocycles. The molecule has 2 aromatic carbocycles. The Hall–Kier alpha value is -2.70. The van der Waals surface area contributed by atoms with Crippen LogP contribution in [0.3, 0.4) is 0 Å². The van der Waals surface area contributed by atoms with Crippen LogP contribution in [0.25, 0.3) is 16.9 Å². The standard InChI is InChI=1S/C22H26FN3O2/c1-4-25(11-12-27)14-18-15-26(20-8-6-5-7-16(20)2)24-22(18)17-9-10-21(28-3)19(23)13-17/h5-10,13,15,27H,4,11-12,14H2,1-3H3. The minimum Gasteiger partial charge on any atom is -0.494 e. The zero-order valence-corrected chi connectivity index (χ0v) is 16.5. The molecular formula is C22H26FN3O2.